The summed E-state index contributed by atoms with van der Waals surface area (Å²) < 4.78 is 11.7. The number of nitrogens with zero attached hydrogens (tertiary/aromatic N) is 2. The van der Waals surface area contributed by atoms with Crippen molar-refractivity contribution in [2.24, 2.45) is 5.92 Å². The van der Waals surface area contributed by atoms with E-state index in [1.807, 2.05) is 65.3 Å². The molecule has 2 aromatic carbocycles. The number of fused-ring (bicyclic) bond motifs is 1. The summed E-state index contributed by atoms with van der Waals surface area (Å²) in [6.07, 6.45) is 2.79. The van der Waals surface area contributed by atoms with Gasteiger partial charge in [-0.15, -0.1) is 0 Å². The topological polar surface area (TPSA) is 59.1 Å². The summed E-state index contributed by atoms with van der Waals surface area (Å²) in [5.74, 6) is 1.79. The zero-order valence-electron chi connectivity index (χ0n) is 21.0. The SMILES string of the molecule is CCN1CCCCN(C(=O)Cc2ccccc2OC)[C@@H](CC(C)C)COc2ccccc2C1=O. The Morgan fingerprint density at radius 2 is 1.79 bits per heavy atom. The molecule has 2 aromatic rings. The highest BCUT2D eigenvalue weighted by Crippen LogP contribution is 2.25. The zero-order valence-corrected chi connectivity index (χ0v) is 21.0. The third-order valence-electron chi connectivity index (χ3n) is 6.33. The molecule has 184 valence electrons. The quantitative estimate of drug-likeness (QED) is 0.613. The van der Waals surface area contributed by atoms with Crippen molar-refractivity contribution < 1.29 is 19.1 Å². The fourth-order valence-corrected chi connectivity index (χ4v) is 4.57. The van der Waals surface area contributed by atoms with Crippen LogP contribution in [0.25, 0.3) is 0 Å². The summed E-state index contributed by atoms with van der Waals surface area (Å²) in [5, 5.41) is 0. The lowest BCUT2D eigenvalue weighted by molar-refractivity contribution is -0.134. The van der Waals surface area contributed by atoms with Crippen LogP contribution >= 0.6 is 0 Å². The Morgan fingerprint density at radius 1 is 1.09 bits per heavy atom. The van der Waals surface area contributed by atoms with Crippen LogP contribution in [0.1, 0.15) is 56.0 Å². The number of rotatable bonds is 6. The van der Waals surface area contributed by atoms with Crippen LogP contribution in [0.4, 0.5) is 0 Å². The van der Waals surface area contributed by atoms with E-state index < -0.39 is 0 Å². The molecule has 0 spiro atoms. The summed E-state index contributed by atoms with van der Waals surface area (Å²) >= 11 is 0. The predicted octanol–water partition coefficient (Wildman–Crippen LogP) is 4.82. The van der Waals surface area contributed by atoms with Crippen molar-refractivity contribution >= 4 is 11.8 Å². The highest BCUT2D eigenvalue weighted by Gasteiger charge is 2.28. The van der Waals surface area contributed by atoms with Gasteiger partial charge in [-0.1, -0.05) is 44.2 Å². The molecule has 3 rings (SSSR count). The maximum atomic E-state index is 13.6. The van der Waals surface area contributed by atoms with Gasteiger partial charge in [-0.05, 0) is 50.3 Å². The Kier molecular flexibility index (Phi) is 9.37. The van der Waals surface area contributed by atoms with Crippen molar-refractivity contribution in [1.29, 1.82) is 0 Å². The fraction of sp³-hybridized carbons (Fsp3) is 0.500. The Hall–Kier alpha value is -3.02. The molecule has 0 radical (unpaired) electrons. The van der Waals surface area contributed by atoms with E-state index >= 15 is 0 Å². The van der Waals surface area contributed by atoms with Crippen molar-refractivity contribution in [3.05, 3.63) is 59.7 Å². The smallest absolute Gasteiger partial charge is 0.257 e. The molecule has 2 amide bonds. The lowest BCUT2D eigenvalue weighted by atomic mass is 10.0. The van der Waals surface area contributed by atoms with Crippen LogP contribution in [-0.4, -0.2) is 61.0 Å². The first-order valence-corrected chi connectivity index (χ1v) is 12.4. The minimum absolute atomic E-state index is 0.00295. The molecule has 0 saturated carbocycles. The maximum Gasteiger partial charge on any atom is 0.257 e. The summed E-state index contributed by atoms with van der Waals surface area (Å²) in [6.45, 7) is 8.61. The highest BCUT2D eigenvalue weighted by atomic mass is 16.5. The number of ether oxygens (including phenoxy) is 2. The van der Waals surface area contributed by atoms with Gasteiger partial charge in [0.25, 0.3) is 5.91 Å². The van der Waals surface area contributed by atoms with Crippen LogP contribution in [0.5, 0.6) is 11.5 Å². The van der Waals surface area contributed by atoms with Crippen LogP contribution in [0.15, 0.2) is 48.5 Å². The second-order valence-electron chi connectivity index (χ2n) is 9.26. The highest BCUT2D eigenvalue weighted by molar-refractivity contribution is 5.97. The van der Waals surface area contributed by atoms with Crippen LogP contribution in [0.2, 0.25) is 0 Å². The number of carbonyl (C=O) groups excluding carboxylic acids is 2. The van der Waals surface area contributed by atoms with E-state index in [0.717, 1.165) is 30.6 Å². The largest absolute Gasteiger partial charge is 0.496 e. The predicted molar refractivity (Wildman–Crippen MR) is 134 cm³/mol. The second kappa shape index (κ2) is 12.4. The molecule has 0 saturated heterocycles. The summed E-state index contributed by atoms with van der Waals surface area (Å²) in [5.41, 5.74) is 1.47. The van der Waals surface area contributed by atoms with E-state index in [-0.39, 0.29) is 24.3 Å². The first kappa shape index (κ1) is 25.6. The monoisotopic (exact) mass is 466 g/mol. The number of methoxy groups -OCH3 is 1. The van der Waals surface area contributed by atoms with Crippen molar-refractivity contribution in [3.63, 3.8) is 0 Å². The van der Waals surface area contributed by atoms with Gasteiger partial charge in [0.1, 0.15) is 18.1 Å². The molecule has 0 unspecified atom stereocenters. The van der Waals surface area contributed by atoms with E-state index in [2.05, 4.69) is 13.8 Å². The molecule has 6 heteroatoms. The molecule has 0 N–H and O–H groups in total. The Labute approximate surface area is 203 Å². The molecule has 0 aliphatic carbocycles. The van der Waals surface area contributed by atoms with Gasteiger partial charge in [0, 0.05) is 25.2 Å². The number of para-hydroxylation sites is 2. The van der Waals surface area contributed by atoms with Gasteiger partial charge < -0.3 is 19.3 Å². The fourth-order valence-electron chi connectivity index (χ4n) is 4.57. The standard InChI is InChI=1S/C28H38N2O4/c1-5-29-16-10-11-17-30(27(31)19-22-12-6-8-14-25(22)33-4)23(18-21(2)3)20-34-26-15-9-7-13-24(26)28(29)32/h6-9,12-15,21,23H,5,10-11,16-20H2,1-4H3/t23-/m0/s1. The van der Waals surface area contributed by atoms with E-state index in [9.17, 15) is 9.59 Å². The number of hydrogen-bond donors (Lipinski definition) is 0. The van der Waals surface area contributed by atoms with Crippen LogP contribution in [-0.2, 0) is 11.2 Å². The van der Waals surface area contributed by atoms with Gasteiger partial charge in [-0.25, -0.2) is 0 Å². The summed E-state index contributed by atoms with van der Waals surface area (Å²) in [4.78, 5) is 30.6. The van der Waals surface area contributed by atoms with Crippen LogP contribution < -0.4 is 9.47 Å². The van der Waals surface area contributed by atoms with Gasteiger partial charge in [0.15, 0.2) is 0 Å². The Balaban J connectivity index is 1.90. The molecule has 1 aliphatic rings. The Bertz CT molecular complexity index is 959. The molecule has 6 nitrogen and oxygen atoms in total. The minimum Gasteiger partial charge on any atom is -0.496 e. The van der Waals surface area contributed by atoms with Crippen molar-refractivity contribution in [2.75, 3.05) is 33.4 Å². The van der Waals surface area contributed by atoms with Gasteiger partial charge in [-0.2, -0.15) is 0 Å². The molecule has 1 atom stereocenters. The molecule has 0 fully saturated rings. The van der Waals surface area contributed by atoms with E-state index in [4.69, 9.17) is 9.47 Å². The first-order valence-electron chi connectivity index (χ1n) is 12.4. The molecule has 34 heavy (non-hydrogen) atoms. The Morgan fingerprint density at radius 3 is 2.53 bits per heavy atom. The van der Waals surface area contributed by atoms with Crippen molar-refractivity contribution in [1.82, 2.24) is 9.80 Å². The summed E-state index contributed by atoms with van der Waals surface area (Å²) in [6, 6.07) is 15.0. The van der Waals surface area contributed by atoms with Gasteiger partial charge in [0.2, 0.25) is 5.91 Å². The van der Waals surface area contributed by atoms with Crippen LogP contribution in [0, 0.1) is 5.92 Å². The van der Waals surface area contributed by atoms with E-state index in [0.29, 0.717) is 43.5 Å². The summed E-state index contributed by atoms with van der Waals surface area (Å²) in [7, 11) is 1.63. The van der Waals surface area contributed by atoms with Gasteiger partial charge in [0.05, 0.1) is 25.1 Å². The molecule has 0 aromatic heterocycles. The maximum absolute atomic E-state index is 13.6. The third-order valence-corrected chi connectivity index (χ3v) is 6.33. The number of hydrogen-bond acceptors (Lipinski definition) is 4. The average molecular weight is 467 g/mol. The van der Waals surface area contributed by atoms with Crippen molar-refractivity contribution in [2.45, 2.75) is 52.5 Å². The van der Waals surface area contributed by atoms with Crippen molar-refractivity contribution in [3.8, 4) is 11.5 Å². The van der Waals surface area contributed by atoms with E-state index in [1.54, 1.807) is 7.11 Å². The molecule has 1 aliphatic heterocycles. The minimum atomic E-state index is -0.0768. The molecule has 0 bridgehead atoms. The zero-order chi connectivity index (χ0) is 24.5. The molecule has 1 heterocycles. The lowest BCUT2D eigenvalue weighted by Crippen LogP contribution is -2.46. The molecular formula is C28H38N2O4. The average Bonchev–Trinajstić information content (AvgIpc) is 2.83. The van der Waals surface area contributed by atoms with Crippen LogP contribution in [0.3, 0.4) is 0 Å². The number of amides is 2. The lowest BCUT2D eigenvalue weighted by Gasteiger charge is -2.34. The number of benzene rings is 2. The number of carbonyl (C=O) groups is 2. The van der Waals surface area contributed by atoms with Gasteiger partial charge in [-0.3, -0.25) is 9.59 Å². The first-order chi connectivity index (χ1) is 16.4. The van der Waals surface area contributed by atoms with E-state index in [1.165, 1.54) is 0 Å². The third kappa shape index (κ3) is 6.52. The molecular weight excluding hydrogens is 428 g/mol. The second-order valence-corrected chi connectivity index (χ2v) is 9.26. The normalized spacial score (nSPS) is 17.4. The van der Waals surface area contributed by atoms with Gasteiger partial charge >= 0.3 is 0 Å².